The minimum atomic E-state index is -1.01. The largest absolute Gasteiger partial charge is 0.497 e. The molecule has 8 nitrogen and oxygen atoms in total. The molecule has 174 valence electrons. The van der Waals surface area contributed by atoms with E-state index in [2.05, 4.69) is 21.2 Å². The molecule has 0 aromatic heterocycles. The Morgan fingerprint density at radius 2 is 1.79 bits per heavy atom. The number of amides is 1. The number of hydrogen-bond donors (Lipinski definition) is 1. The highest BCUT2D eigenvalue weighted by atomic mass is 16.5. The van der Waals surface area contributed by atoms with Crippen LogP contribution in [0.2, 0.25) is 0 Å². The molecule has 0 saturated carbocycles. The van der Waals surface area contributed by atoms with Crippen LogP contribution in [0.1, 0.15) is 24.1 Å². The molecule has 2 atom stereocenters. The van der Waals surface area contributed by atoms with E-state index in [4.69, 9.17) is 14.5 Å². The van der Waals surface area contributed by atoms with Gasteiger partial charge in [-0.25, -0.2) is 4.99 Å². The summed E-state index contributed by atoms with van der Waals surface area (Å²) in [6.45, 7) is 6.89. The van der Waals surface area contributed by atoms with E-state index in [1.165, 1.54) is 0 Å². The number of methoxy groups -OCH3 is 1. The number of nitrogens with zero attached hydrogens (tertiary/aromatic N) is 3. The summed E-state index contributed by atoms with van der Waals surface area (Å²) in [6, 6.07) is 15.1. The number of aryl methyl sites for hydroxylation is 1. The molecule has 0 unspecified atom stereocenters. The Morgan fingerprint density at radius 1 is 1.09 bits per heavy atom. The topological polar surface area (TPSA) is 83.5 Å². The van der Waals surface area contributed by atoms with Crippen LogP contribution in [0.4, 0.5) is 5.69 Å². The summed E-state index contributed by atoms with van der Waals surface area (Å²) in [5, 5.41) is 2.86. The molecule has 0 radical (unpaired) electrons. The zero-order valence-corrected chi connectivity index (χ0v) is 19.3. The predicted octanol–water partition coefficient (Wildman–Crippen LogP) is 2.53. The maximum Gasteiger partial charge on any atom is 0.321 e. The summed E-state index contributed by atoms with van der Waals surface area (Å²) < 4.78 is 10.5. The van der Waals surface area contributed by atoms with Crippen LogP contribution in [0, 0.1) is 12.8 Å². The van der Waals surface area contributed by atoms with Crippen LogP contribution in [0.25, 0.3) is 0 Å². The molecular weight excluding hydrogens is 420 g/mol. The lowest BCUT2D eigenvalue weighted by molar-refractivity contribution is -0.153. The van der Waals surface area contributed by atoms with Gasteiger partial charge in [0.1, 0.15) is 11.8 Å². The third-order valence-corrected chi connectivity index (χ3v) is 6.05. The van der Waals surface area contributed by atoms with E-state index in [1.54, 1.807) is 14.0 Å². The summed E-state index contributed by atoms with van der Waals surface area (Å²) in [6.07, 6.45) is 0. The molecule has 2 aromatic carbocycles. The highest BCUT2D eigenvalue weighted by Crippen LogP contribution is 2.31. The van der Waals surface area contributed by atoms with Crippen LogP contribution in [0.5, 0.6) is 5.75 Å². The number of piperazine rings is 1. The minimum absolute atomic E-state index is 0.214. The van der Waals surface area contributed by atoms with Gasteiger partial charge in [-0.1, -0.05) is 35.9 Å². The number of hydrogen-bond acceptors (Lipinski definition) is 7. The van der Waals surface area contributed by atoms with E-state index in [-0.39, 0.29) is 12.5 Å². The number of rotatable bonds is 5. The zero-order valence-electron chi connectivity index (χ0n) is 19.3. The van der Waals surface area contributed by atoms with Crippen LogP contribution < -0.4 is 15.0 Å². The summed E-state index contributed by atoms with van der Waals surface area (Å²) in [7, 11) is 1.66. The number of benzene rings is 2. The van der Waals surface area contributed by atoms with Gasteiger partial charge in [0.25, 0.3) is 0 Å². The minimum Gasteiger partial charge on any atom is -0.497 e. The SMILES string of the molecule is CCOC(=O)[C@H]1C(=O)NC(N2CCN(c3cccc(OC)c3)CC2)=N[C@@H]1c1ccc(C)cc1. The molecule has 2 aliphatic rings. The van der Waals surface area contributed by atoms with Gasteiger partial charge >= 0.3 is 5.97 Å². The van der Waals surface area contributed by atoms with Crippen LogP contribution in [0.3, 0.4) is 0 Å². The number of anilines is 1. The van der Waals surface area contributed by atoms with Crippen LogP contribution in [0.15, 0.2) is 53.5 Å². The molecule has 0 spiro atoms. The van der Waals surface area contributed by atoms with Crippen molar-refractivity contribution in [1.29, 1.82) is 0 Å². The summed E-state index contributed by atoms with van der Waals surface area (Å²) in [5.74, 6) is -0.596. The molecule has 4 rings (SSSR count). The van der Waals surface area contributed by atoms with Crippen LogP contribution >= 0.6 is 0 Å². The average molecular weight is 451 g/mol. The highest BCUT2D eigenvalue weighted by molar-refractivity contribution is 6.08. The number of guanidine groups is 1. The van der Waals surface area contributed by atoms with Crippen molar-refractivity contribution in [3.8, 4) is 5.75 Å². The molecule has 1 saturated heterocycles. The molecule has 33 heavy (non-hydrogen) atoms. The van der Waals surface area contributed by atoms with Crippen molar-refractivity contribution in [2.24, 2.45) is 10.9 Å². The Balaban J connectivity index is 1.54. The Labute approximate surface area is 194 Å². The first-order chi connectivity index (χ1) is 16.0. The lowest BCUT2D eigenvalue weighted by Gasteiger charge is -2.39. The van der Waals surface area contributed by atoms with Crippen molar-refractivity contribution < 1.29 is 19.1 Å². The van der Waals surface area contributed by atoms with Crippen molar-refractivity contribution in [3.05, 3.63) is 59.7 Å². The number of carbonyl (C=O) groups is 2. The van der Waals surface area contributed by atoms with Crippen molar-refractivity contribution >= 4 is 23.5 Å². The maximum absolute atomic E-state index is 13.0. The Kier molecular flexibility index (Phi) is 6.82. The molecule has 1 amide bonds. The third-order valence-electron chi connectivity index (χ3n) is 6.05. The van der Waals surface area contributed by atoms with Gasteiger partial charge in [0, 0.05) is 37.9 Å². The van der Waals surface area contributed by atoms with E-state index in [0.717, 1.165) is 35.7 Å². The fourth-order valence-electron chi connectivity index (χ4n) is 4.21. The quantitative estimate of drug-likeness (QED) is 0.557. The Morgan fingerprint density at radius 3 is 2.45 bits per heavy atom. The Hall–Kier alpha value is -3.55. The summed E-state index contributed by atoms with van der Waals surface area (Å²) >= 11 is 0. The van der Waals surface area contributed by atoms with E-state index in [1.807, 2.05) is 49.4 Å². The van der Waals surface area contributed by atoms with Crippen molar-refractivity contribution in [3.63, 3.8) is 0 Å². The van der Waals surface area contributed by atoms with E-state index in [9.17, 15) is 9.59 Å². The fraction of sp³-hybridized carbons (Fsp3) is 0.400. The van der Waals surface area contributed by atoms with Gasteiger partial charge in [-0.05, 0) is 31.5 Å². The Bertz CT molecular complexity index is 1030. The number of esters is 1. The number of nitrogens with one attached hydrogen (secondary N) is 1. The molecular formula is C25H30N4O4. The van der Waals surface area contributed by atoms with E-state index >= 15 is 0 Å². The smallest absolute Gasteiger partial charge is 0.321 e. The van der Waals surface area contributed by atoms with Gasteiger partial charge < -0.3 is 19.3 Å². The van der Waals surface area contributed by atoms with Gasteiger partial charge in [-0.15, -0.1) is 0 Å². The van der Waals surface area contributed by atoms with Crippen LogP contribution in [-0.4, -0.2) is 62.6 Å². The average Bonchev–Trinajstić information content (AvgIpc) is 2.84. The fourth-order valence-corrected chi connectivity index (χ4v) is 4.21. The molecule has 2 aliphatic heterocycles. The van der Waals surface area contributed by atoms with Gasteiger partial charge in [-0.2, -0.15) is 0 Å². The number of ether oxygens (including phenoxy) is 2. The normalized spacial score (nSPS) is 20.7. The van der Waals surface area contributed by atoms with Crippen molar-refractivity contribution in [1.82, 2.24) is 10.2 Å². The molecule has 2 heterocycles. The number of carbonyl (C=O) groups excluding carboxylic acids is 2. The van der Waals surface area contributed by atoms with Crippen molar-refractivity contribution in [2.45, 2.75) is 19.9 Å². The monoisotopic (exact) mass is 450 g/mol. The lowest BCUT2D eigenvalue weighted by Crippen LogP contribution is -2.57. The molecule has 1 N–H and O–H groups in total. The second-order valence-corrected chi connectivity index (χ2v) is 8.20. The van der Waals surface area contributed by atoms with Gasteiger partial charge in [0.2, 0.25) is 11.9 Å². The first kappa shape index (κ1) is 22.6. The predicted molar refractivity (Wildman–Crippen MR) is 126 cm³/mol. The maximum atomic E-state index is 13.0. The van der Waals surface area contributed by atoms with E-state index in [0.29, 0.717) is 19.0 Å². The van der Waals surface area contributed by atoms with Gasteiger partial charge in [-0.3, -0.25) is 14.9 Å². The second kappa shape index (κ2) is 9.94. The zero-order chi connectivity index (χ0) is 23.4. The third kappa shape index (κ3) is 4.94. The lowest BCUT2D eigenvalue weighted by atomic mass is 9.91. The van der Waals surface area contributed by atoms with E-state index < -0.39 is 17.9 Å². The molecule has 0 bridgehead atoms. The molecule has 8 heteroatoms. The number of aliphatic imine (C=N–C) groups is 1. The van der Waals surface area contributed by atoms with Crippen molar-refractivity contribution in [2.75, 3.05) is 44.8 Å². The summed E-state index contributed by atoms with van der Waals surface area (Å²) in [5.41, 5.74) is 3.02. The van der Waals surface area contributed by atoms with Gasteiger partial charge in [0.05, 0.1) is 13.7 Å². The first-order valence-corrected chi connectivity index (χ1v) is 11.3. The standard InChI is InChI=1S/C25H30N4O4/c1-4-33-24(31)21-22(18-10-8-17(2)9-11-18)26-25(27-23(21)30)29-14-12-28(13-15-29)19-6-5-7-20(16-19)32-3/h5-11,16,21-22H,4,12-15H2,1-3H3,(H,26,27,30)/t21-,22-/m1/s1. The molecule has 1 fully saturated rings. The van der Waals surface area contributed by atoms with Gasteiger partial charge in [0.15, 0.2) is 5.92 Å². The van der Waals surface area contributed by atoms with Crippen LogP contribution in [-0.2, 0) is 14.3 Å². The first-order valence-electron chi connectivity index (χ1n) is 11.3. The second-order valence-electron chi connectivity index (χ2n) is 8.20. The molecule has 0 aliphatic carbocycles. The molecule has 2 aromatic rings. The summed E-state index contributed by atoms with van der Waals surface area (Å²) in [4.78, 5) is 34.8. The highest BCUT2D eigenvalue weighted by Gasteiger charge is 2.42.